The Hall–Kier alpha value is -3.11. The van der Waals surface area contributed by atoms with Crippen LogP contribution in [0.4, 0.5) is 4.39 Å². The Kier molecular flexibility index (Phi) is 7.93. The molecule has 2 amide bonds. The number of benzene rings is 1. The summed E-state index contributed by atoms with van der Waals surface area (Å²) in [6.45, 7) is 2.38. The van der Waals surface area contributed by atoms with Crippen LogP contribution in [0.25, 0.3) is 0 Å². The van der Waals surface area contributed by atoms with Gasteiger partial charge in [-0.05, 0) is 18.9 Å². The Morgan fingerprint density at radius 2 is 2.12 bits per heavy atom. The van der Waals surface area contributed by atoms with Crippen molar-refractivity contribution in [2.24, 2.45) is 0 Å². The number of nitrogens with zero attached hydrogens (tertiary/aromatic N) is 2. The van der Waals surface area contributed by atoms with Crippen molar-refractivity contribution in [1.29, 1.82) is 0 Å². The SMILES string of the molecule is CCCC(CCN1CNC(=O)c2c(O)c(=O)c(C(=O)NCc3cccc(Cl)c3F)cn21)OC. The van der Waals surface area contributed by atoms with Crippen LogP contribution in [-0.2, 0) is 11.3 Å². The fourth-order valence-corrected chi connectivity index (χ4v) is 3.84. The molecule has 33 heavy (non-hydrogen) atoms. The largest absolute Gasteiger partial charge is 0.502 e. The molecule has 3 rings (SSSR count). The molecule has 9 nitrogen and oxygen atoms in total. The number of carbonyl (C=O) groups is 2. The van der Waals surface area contributed by atoms with Gasteiger partial charge in [0.25, 0.3) is 11.8 Å². The first-order chi connectivity index (χ1) is 15.8. The summed E-state index contributed by atoms with van der Waals surface area (Å²) in [7, 11) is 1.63. The molecular formula is C22H26ClFN4O5. The number of aromatic hydroxyl groups is 1. The van der Waals surface area contributed by atoms with E-state index in [0.29, 0.717) is 13.0 Å². The van der Waals surface area contributed by atoms with Crippen molar-refractivity contribution in [2.45, 2.75) is 38.8 Å². The van der Waals surface area contributed by atoms with Gasteiger partial charge in [0.2, 0.25) is 5.43 Å². The molecule has 0 saturated carbocycles. The third-order valence-corrected chi connectivity index (χ3v) is 5.77. The zero-order chi connectivity index (χ0) is 24.1. The maximum absolute atomic E-state index is 14.1. The monoisotopic (exact) mass is 480 g/mol. The average Bonchev–Trinajstić information content (AvgIpc) is 2.80. The van der Waals surface area contributed by atoms with E-state index in [9.17, 15) is 23.9 Å². The topological polar surface area (TPSA) is 113 Å². The summed E-state index contributed by atoms with van der Waals surface area (Å²) >= 11 is 5.76. The molecule has 1 aliphatic heterocycles. The van der Waals surface area contributed by atoms with E-state index in [0.717, 1.165) is 12.8 Å². The van der Waals surface area contributed by atoms with Crippen LogP contribution < -0.4 is 21.1 Å². The maximum atomic E-state index is 14.1. The summed E-state index contributed by atoms with van der Waals surface area (Å²) in [6, 6.07) is 4.37. The van der Waals surface area contributed by atoms with Crippen LogP contribution in [0.3, 0.4) is 0 Å². The molecule has 0 radical (unpaired) electrons. The Bertz CT molecular complexity index is 1110. The third-order valence-electron chi connectivity index (χ3n) is 5.48. The summed E-state index contributed by atoms with van der Waals surface area (Å²) in [5.41, 5.74) is -1.49. The molecule has 1 aromatic heterocycles. The van der Waals surface area contributed by atoms with E-state index in [1.165, 1.54) is 29.1 Å². The molecule has 178 valence electrons. The van der Waals surface area contributed by atoms with E-state index in [4.69, 9.17) is 16.3 Å². The molecule has 0 aliphatic carbocycles. The number of fused-ring (bicyclic) bond motifs is 1. The minimum Gasteiger partial charge on any atom is -0.502 e. The van der Waals surface area contributed by atoms with Crippen LogP contribution in [-0.4, -0.2) is 48.0 Å². The summed E-state index contributed by atoms with van der Waals surface area (Å²) in [4.78, 5) is 37.7. The summed E-state index contributed by atoms with van der Waals surface area (Å²) < 4.78 is 20.9. The van der Waals surface area contributed by atoms with Gasteiger partial charge in [-0.1, -0.05) is 37.1 Å². The van der Waals surface area contributed by atoms with E-state index in [1.54, 1.807) is 12.1 Å². The second-order valence-electron chi connectivity index (χ2n) is 7.64. The standard InChI is InChI=1S/C22H26ClFN4O5/c1-3-5-14(33-2)8-9-27-12-26-22(32)18-20(30)19(29)15(11-28(18)27)21(31)25-10-13-6-4-7-16(23)17(13)24/h4,6-7,11,14,30H,3,5,8-10,12H2,1-2H3,(H,25,31)(H,26,32). The van der Waals surface area contributed by atoms with Gasteiger partial charge in [-0.15, -0.1) is 0 Å². The zero-order valence-corrected chi connectivity index (χ0v) is 19.1. The van der Waals surface area contributed by atoms with Gasteiger partial charge in [-0.25, -0.2) is 4.39 Å². The molecule has 1 atom stereocenters. The van der Waals surface area contributed by atoms with Gasteiger partial charge in [0.15, 0.2) is 11.4 Å². The number of hydrogen-bond donors (Lipinski definition) is 3. The van der Waals surface area contributed by atoms with Crippen LogP contribution in [0.5, 0.6) is 5.75 Å². The highest BCUT2D eigenvalue weighted by Crippen LogP contribution is 2.19. The molecule has 2 heterocycles. The zero-order valence-electron chi connectivity index (χ0n) is 18.4. The van der Waals surface area contributed by atoms with Gasteiger partial charge in [0, 0.05) is 32.0 Å². The van der Waals surface area contributed by atoms with Gasteiger partial charge >= 0.3 is 0 Å². The lowest BCUT2D eigenvalue weighted by Crippen LogP contribution is -2.53. The third kappa shape index (κ3) is 5.28. The molecule has 1 aliphatic rings. The van der Waals surface area contributed by atoms with Gasteiger partial charge in [0.05, 0.1) is 11.1 Å². The van der Waals surface area contributed by atoms with Crippen molar-refractivity contribution in [3.8, 4) is 5.75 Å². The fraction of sp³-hybridized carbons (Fsp3) is 0.409. The van der Waals surface area contributed by atoms with E-state index < -0.39 is 28.8 Å². The van der Waals surface area contributed by atoms with Crippen molar-refractivity contribution >= 4 is 23.4 Å². The lowest BCUT2D eigenvalue weighted by Gasteiger charge is -2.34. The highest BCUT2D eigenvalue weighted by molar-refractivity contribution is 6.30. The Morgan fingerprint density at radius 1 is 1.36 bits per heavy atom. The van der Waals surface area contributed by atoms with Crippen molar-refractivity contribution < 1.29 is 23.8 Å². The van der Waals surface area contributed by atoms with E-state index in [2.05, 4.69) is 10.6 Å². The second-order valence-corrected chi connectivity index (χ2v) is 8.05. The molecule has 0 fully saturated rings. The molecule has 1 unspecified atom stereocenters. The van der Waals surface area contributed by atoms with Crippen LogP contribution in [0.1, 0.15) is 52.6 Å². The van der Waals surface area contributed by atoms with E-state index >= 15 is 0 Å². The molecule has 0 spiro atoms. The number of halogens is 2. The number of ether oxygens (including phenoxy) is 1. The van der Waals surface area contributed by atoms with Crippen molar-refractivity contribution in [2.75, 3.05) is 25.3 Å². The average molecular weight is 481 g/mol. The number of amides is 2. The van der Waals surface area contributed by atoms with Gasteiger partial charge in [-0.3, -0.25) is 24.1 Å². The van der Waals surface area contributed by atoms with Gasteiger partial charge in [-0.2, -0.15) is 0 Å². The molecule has 0 bridgehead atoms. The molecule has 0 saturated heterocycles. The van der Waals surface area contributed by atoms with Crippen molar-refractivity contribution in [1.82, 2.24) is 15.3 Å². The predicted octanol–water partition coefficient (Wildman–Crippen LogP) is 2.12. The maximum Gasteiger partial charge on any atom is 0.275 e. The minimum atomic E-state index is -0.997. The van der Waals surface area contributed by atoms with E-state index in [1.807, 2.05) is 6.92 Å². The smallest absolute Gasteiger partial charge is 0.275 e. The van der Waals surface area contributed by atoms with Crippen LogP contribution in [0, 0.1) is 5.82 Å². The molecule has 1 aromatic carbocycles. The molecule has 11 heteroatoms. The highest BCUT2D eigenvalue weighted by atomic mass is 35.5. The number of rotatable bonds is 9. The number of pyridine rings is 1. The van der Waals surface area contributed by atoms with Crippen LogP contribution in [0.2, 0.25) is 5.02 Å². The summed E-state index contributed by atoms with van der Waals surface area (Å²) in [5, 5.41) is 17.1. The fourth-order valence-electron chi connectivity index (χ4n) is 3.65. The Labute approximate surface area is 195 Å². The minimum absolute atomic E-state index is 0.000538. The Morgan fingerprint density at radius 3 is 2.82 bits per heavy atom. The van der Waals surface area contributed by atoms with Crippen molar-refractivity contribution in [3.63, 3.8) is 0 Å². The van der Waals surface area contributed by atoms with Crippen molar-refractivity contribution in [3.05, 3.63) is 62.3 Å². The Balaban J connectivity index is 1.87. The second kappa shape index (κ2) is 10.7. The number of carbonyl (C=O) groups excluding carboxylic acids is 2. The lowest BCUT2D eigenvalue weighted by molar-refractivity contribution is 0.0846. The quantitative estimate of drug-likeness (QED) is 0.506. The van der Waals surface area contributed by atoms with Gasteiger partial charge < -0.3 is 20.5 Å². The highest BCUT2D eigenvalue weighted by Gasteiger charge is 2.30. The molecule has 2 aromatic rings. The first kappa shape index (κ1) is 24.5. The van der Waals surface area contributed by atoms with Crippen LogP contribution >= 0.6 is 11.6 Å². The lowest BCUT2D eigenvalue weighted by atomic mass is 10.1. The summed E-state index contributed by atoms with van der Waals surface area (Å²) in [5.74, 6) is -2.97. The van der Waals surface area contributed by atoms with Gasteiger partial charge in [0.1, 0.15) is 18.0 Å². The normalized spacial score (nSPS) is 13.9. The predicted molar refractivity (Wildman–Crippen MR) is 121 cm³/mol. The number of nitrogens with one attached hydrogen (secondary N) is 2. The van der Waals surface area contributed by atoms with E-state index in [-0.39, 0.29) is 41.2 Å². The first-order valence-corrected chi connectivity index (χ1v) is 10.9. The summed E-state index contributed by atoms with van der Waals surface area (Å²) in [6.07, 6.45) is 3.63. The molecule has 3 N–H and O–H groups in total. The number of hydrogen-bond acceptors (Lipinski definition) is 6. The van der Waals surface area contributed by atoms with Crippen LogP contribution in [0.15, 0.2) is 29.2 Å². The first-order valence-electron chi connectivity index (χ1n) is 10.5. The molecular weight excluding hydrogens is 455 g/mol. The number of aromatic nitrogens is 1. The number of methoxy groups -OCH3 is 1.